The molecule has 1 heterocycles. The van der Waals surface area contributed by atoms with Crippen molar-refractivity contribution in [3.8, 4) is 0 Å². The Morgan fingerprint density at radius 1 is 1.00 bits per heavy atom. The number of hydrogen-bond acceptors (Lipinski definition) is 5. The molecule has 2 aromatic carbocycles. The minimum absolute atomic E-state index is 0.0383. The molecule has 0 spiro atoms. The quantitative estimate of drug-likeness (QED) is 0.308. The van der Waals surface area contributed by atoms with Gasteiger partial charge in [-0.3, -0.25) is 9.59 Å². The minimum atomic E-state index is -0.735. The summed E-state index contributed by atoms with van der Waals surface area (Å²) < 4.78 is 6.59. The number of amides is 1. The van der Waals surface area contributed by atoms with Gasteiger partial charge in [0.25, 0.3) is 11.5 Å². The number of nitrogens with zero attached hydrogens (tertiary/aromatic N) is 2. The lowest BCUT2D eigenvalue weighted by molar-refractivity contribution is -0.119. The van der Waals surface area contributed by atoms with Crippen LogP contribution < -0.4 is 10.9 Å². The number of ether oxygens (including phenoxy) is 1. The Morgan fingerprint density at radius 2 is 1.71 bits per heavy atom. The van der Waals surface area contributed by atoms with E-state index in [0.29, 0.717) is 28.9 Å². The average molecular weight is 464 g/mol. The van der Waals surface area contributed by atoms with E-state index in [0.717, 1.165) is 32.1 Å². The molecule has 1 atom stereocenters. The summed E-state index contributed by atoms with van der Waals surface area (Å²) in [5.41, 5.74) is 1.64. The van der Waals surface area contributed by atoms with Crippen molar-refractivity contribution in [2.45, 2.75) is 65.3 Å². The van der Waals surface area contributed by atoms with E-state index >= 15 is 0 Å². The van der Waals surface area contributed by atoms with E-state index in [2.05, 4.69) is 31.2 Å². The molecule has 1 amide bonds. The molecule has 0 fully saturated rings. The number of carbonyl (C=O) groups excluding carboxylic acids is 2. The first-order chi connectivity index (χ1) is 16.4. The molecule has 180 valence electrons. The van der Waals surface area contributed by atoms with Crippen LogP contribution in [0.4, 0.5) is 5.69 Å². The van der Waals surface area contributed by atoms with E-state index in [4.69, 9.17) is 4.74 Å². The van der Waals surface area contributed by atoms with Gasteiger partial charge >= 0.3 is 5.97 Å². The summed E-state index contributed by atoms with van der Waals surface area (Å²) in [6, 6.07) is 14.5. The highest BCUT2D eigenvalue weighted by molar-refractivity contribution is 6.03. The van der Waals surface area contributed by atoms with Gasteiger partial charge in [0.2, 0.25) is 0 Å². The third-order valence-electron chi connectivity index (χ3n) is 5.99. The number of carbonyl (C=O) groups is 2. The van der Waals surface area contributed by atoms with Crippen LogP contribution in [0.15, 0.2) is 53.3 Å². The lowest BCUT2D eigenvalue weighted by Gasteiger charge is -2.12. The molecule has 0 bridgehead atoms. The number of aromatic nitrogens is 2. The first-order valence-corrected chi connectivity index (χ1v) is 12.0. The van der Waals surface area contributed by atoms with E-state index in [1.807, 2.05) is 24.3 Å². The molecule has 1 unspecified atom stereocenters. The zero-order valence-corrected chi connectivity index (χ0v) is 20.2. The van der Waals surface area contributed by atoms with Crippen LogP contribution >= 0.6 is 0 Å². The van der Waals surface area contributed by atoms with Crippen molar-refractivity contribution >= 4 is 28.3 Å². The summed E-state index contributed by atoms with van der Waals surface area (Å²) in [5, 5.41) is 7.86. The Morgan fingerprint density at radius 3 is 2.38 bits per heavy atom. The molecule has 0 saturated heterocycles. The third kappa shape index (κ3) is 6.31. The number of esters is 1. The molecule has 34 heavy (non-hydrogen) atoms. The lowest BCUT2D eigenvalue weighted by atomic mass is 9.99. The van der Waals surface area contributed by atoms with Crippen LogP contribution in [-0.2, 0) is 16.1 Å². The molecule has 3 rings (SSSR count). The molecule has 0 aliphatic carbocycles. The molecule has 0 saturated carbocycles. The summed E-state index contributed by atoms with van der Waals surface area (Å²) in [6.45, 7) is 6.38. The number of anilines is 1. The lowest BCUT2D eigenvalue weighted by Crippen LogP contribution is -2.28. The smallest absolute Gasteiger partial charge is 0.359 e. The molecular formula is C27H33N3O4. The predicted octanol–water partition coefficient (Wildman–Crippen LogP) is 5.29. The van der Waals surface area contributed by atoms with Crippen molar-refractivity contribution in [1.82, 2.24) is 9.78 Å². The SMILES string of the molecule is CCCCCCn1nc(C(=O)OCC(=O)Nc2ccc(C(C)CC)cc2)c2ccccc2c1=O. The second-order valence-electron chi connectivity index (χ2n) is 8.54. The number of unbranched alkanes of at least 4 members (excludes halogenated alkanes) is 3. The highest BCUT2D eigenvalue weighted by Crippen LogP contribution is 2.20. The van der Waals surface area contributed by atoms with Crippen LogP contribution in [0.25, 0.3) is 10.8 Å². The predicted molar refractivity (Wildman–Crippen MR) is 134 cm³/mol. The summed E-state index contributed by atoms with van der Waals surface area (Å²) in [6.07, 6.45) is 4.98. The fourth-order valence-electron chi connectivity index (χ4n) is 3.75. The van der Waals surface area contributed by atoms with Crippen LogP contribution in [0.5, 0.6) is 0 Å². The molecule has 1 N–H and O–H groups in total. The van der Waals surface area contributed by atoms with E-state index in [9.17, 15) is 14.4 Å². The van der Waals surface area contributed by atoms with Crippen molar-refractivity contribution in [2.24, 2.45) is 0 Å². The van der Waals surface area contributed by atoms with Gasteiger partial charge in [0, 0.05) is 17.6 Å². The second kappa shape index (κ2) is 12.1. The van der Waals surface area contributed by atoms with E-state index in [-0.39, 0.29) is 11.3 Å². The number of rotatable bonds is 11. The summed E-state index contributed by atoms with van der Waals surface area (Å²) in [7, 11) is 0. The Labute approximate surface area is 200 Å². The molecular weight excluding hydrogens is 430 g/mol. The zero-order valence-electron chi connectivity index (χ0n) is 20.2. The van der Waals surface area contributed by atoms with E-state index in [1.54, 1.807) is 24.3 Å². The highest BCUT2D eigenvalue weighted by atomic mass is 16.5. The number of hydrogen-bond donors (Lipinski definition) is 1. The Balaban J connectivity index is 1.69. The highest BCUT2D eigenvalue weighted by Gasteiger charge is 2.19. The van der Waals surface area contributed by atoms with Gasteiger partial charge in [0.15, 0.2) is 12.3 Å². The molecule has 7 heteroatoms. The Hall–Kier alpha value is -3.48. The van der Waals surface area contributed by atoms with Crippen LogP contribution in [0, 0.1) is 0 Å². The average Bonchev–Trinajstić information content (AvgIpc) is 2.86. The fourth-order valence-corrected chi connectivity index (χ4v) is 3.75. The van der Waals surface area contributed by atoms with Gasteiger partial charge in [-0.05, 0) is 42.5 Å². The van der Waals surface area contributed by atoms with Gasteiger partial charge in [-0.1, -0.05) is 70.4 Å². The Bertz CT molecular complexity index is 1180. The first-order valence-electron chi connectivity index (χ1n) is 12.0. The van der Waals surface area contributed by atoms with E-state index in [1.165, 1.54) is 10.2 Å². The number of fused-ring (bicyclic) bond motifs is 1. The van der Waals surface area contributed by atoms with Crippen LogP contribution in [-0.4, -0.2) is 28.3 Å². The largest absolute Gasteiger partial charge is 0.451 e. The number of nitrogens with one attached hydrogen (secondary N) is 1. The van der Waals surface area contributed by atoms with Crippen molar-refractivity contribution in [3.05, 3.63) is 70.1 Å². The number of aryl methyl sites for hydroxylation is 1. The van der Waals surface area contributed by atoms with Crippen molar-refractivity contribution in [3.63, 3.8) is 0 Å². The second-order valence-corrected chi connectivity index (χ2v) is 8.54. The van der Waals surface area contributed by atoms with Crippen molar-refractivity contribution in [1.29, 1.82) is 0 Å². The van der Waals surface area contributed by atoms with Crippen molar-refractivity contribution in [2.75, 3.05) is 11.9 Å². The monoisotopic (exact) mass is 463 g/mol. The fraction of sp³-hybridized carbons (Fsp3) is 0.407. The molecule has 3 aromatic rings. The van der Waals surface area contributed by atoms with Crippen LogP contribution in [0.3, 0.4) is 0 Å². The van der Waals surface area contributed by atoms with Gasteiger partial charge < -0.3 is 10.1 Å². The van der Waals surface area contributed by atoms with Gasteiger partial charge in [0.05, 0.1) is 5.39 Å². The summed E-state index contributed by atoms with van der Waals surface area (Å²) >= 11 is 0. The first kappa shape index (κ1) is 25.1. The standard InChI is InChI=1S/C27H33N3O4/c1-4-6-7-10-17-30-26(32)23-12-9-8-11-22(23)25(29-30)27(33)34-18-24(31)28-21-15-13-20(14-16-21)19(3)5-2/h8-9,11-16,19H,4-7,10,17-18H2,1-3H3,(H,28,31). The molecule has 0 radical (unpaired) electrons. The maximum absolute atomic E-state index is 12.8. The third-order valence-corrected chi connectivity index (χ3v) is 5.99. The summed E-state index contributed by atoms with van der Waals surface area (Å²) in [5.74, 6) is -0.731. The molecule has 1 aromatic heterocycles. The Kier molecular flexibility index (Phi) is 8.96. The van der Waals surface area contributed by atoms with Gasteiger partial charge in [-0.25, -0.2) is 9.48 Å². The maximum atomic E-state index is 12.8. The topological polar surface area (TPSA) is 90.3 Å². The van der Waals surface area contributed by atoms with Crippen LogP contribution in [0.1, 0.15) is 74.8 Å². The van der Waals surface area contributed by atoms with Crippen molar-refractivity contribution < 1.29 is 14.3 Å². The number of benzene rings is 2. The van der Waals surface area contributed by atoms with Gasteiger partial charge in [-0.2, -0.15) is 5.10 Å². The normalized spacial score (nSPS) is 11.9. The molecule has 7 nitrogen and oxygen atoms in total. The molecule has 0 aliphatic heterocycles. The molecule has 0 aliphatic rings. The van der Waals surface area contributed by atoms with Crippen LogP contribution in [0.2, 0.25) is 0 Å². The summed E-state index contributed by atoms with van der Waals surface area (Å²) in [4.78, 5) is 38.0. The van der Waals surface area contributed by atoms with Gasteiger partial charge in [0.1, 0.15) is 0 Å². The minimum Gasteiger partial charge on any atom is -0.451 e. The maximum Gasteiger partial charge on any atom is 0.359 e. The van der Waals surface area contributed by atoms with Gasteiger partial charge in [-0.15, -0.1) is 0 Å². The van der Waals surface area contributed by atoms with E-state index < -0.39 is 18.5 Å². The zero-order chi connectivity index (χ0) is 24.5.